The lowest BCUT2D eigenvalue weighted by atomic mass is 10.2. The van der Waals surface area contributed by atoms with Gasteiger partial charge in [0.15, 0.2) is 0 Å². The average molecular weight is 211 g/mol. The van der Waals surface area contributed by atoms with Crippen LogP contribution in [-0.4, -0.2) is 20.3 Å². The number of methoxy groups -OCH3 is 1. The normalized spacial score (nSPS) is 12.7. The summed E-state index contributed by atoms with van der Waals surface area (Å²) in [4.78, 5) is 0. The molecule has 0 bridgehead atoms. The van der Waals surface area contributed by atoms with E-state index in [2.05, 4.69) is 12.2 Å². The van der Waals surface area contributed by atoms with Gasteiger partial charge in [-0.1, -0.05) is 25.1 Å². The third-order valence-corrected chi connectivity index (χ3v) is 2.22. The molecule has 3 heteroatoms. The van der Waals surface area contributed by atoms with Crippen molar-refractivity contribution in [2.75, 3.05) is 20.3 Å². The van der Waals surface area contributed by atoms with Crippen LogP contribution in [0.15, 0.2) is 24.3 Å². The summed E-state index contributed by atoms with van der Waals surface area (Å²) < 4.78 is 18.2. The molecule has 84 valence electrons. The Morgan fingerprint density at radius 1 is 1.40 bits per heavy atom. The van der Waals surface area contributed by atoms with Crippen LogP contribution in [-0.2, 0) is 11.3 Å². The fourth-order valence-electron chi connectivity index (χ4n) is 1.44. The third kappa shape index (κ3) is 4.40. The minimum atomic E-state index is -0.149. The van der Waals surface area contributed by atoms with Gasteiger partial charge in [-0.05, 0) is 12.0 Å². The van der Waals surface area contributed by atoms with E-state index in [0.29, 0.717) is 18.0 Å². The number of ether oxygens (including phenoxy) is 1. The summed E-state index contributed by atoms with van der Waals surface area (Å²) in [5, 5.41) is 3.21. The lowest BCUT2D eigenvalue weighted by Gasteiger charge is -2.11. The predicted molar refractivity (Wildman–Crippen MR) is 59.1 cm³/mol. The zero-order valence-electron chi connectivity index (χ0n) is 9.29. The maximum Gasteiger partial charge on any atom is 0.127 e. The van der Waals surface area contributed by atoms with Crippen molar-refractivity contribution >= 4 is 0 Å². The topological polar surface area (TPSA) is 21.3 Å². The Balaban J connectivity index is 2.29. The number of benzene rings is 1. The Kier molecular flexibility index (Phi) is 5.29. The highest BCUT2D eigenvalue weighted by molar-refractivity contribution is 5.16. The Morgan fingerprint density at radius 3 is 2.80 bits per heavy atom. The molecule has 1 N–H and O–H groups in total. The molecule has 0 aromatic heterocycles. The lowest BCUT2D eigenvalue weighted by molar-refractivity contribution is 0.158. The van der Waals surface area contributed by atoms with Crippen molar-refractivity contribution in [1.82, 2.24) is 5.32 Å². The SMILES string of the molecule is COCC(C)CNCc1ccccc1F. The molecule has 0 aliphatic heterocycles. The maximum atomic E-state index is 13.2. The first-order chi connectivity index (χ1) is 7.24. The Morgan fingerprint density at radius 2 is 2.13 bits per heavy atom. The summed E-state index contributed by atoms with van der Waals surface area (Å²) in [5.74, 6) is 0.297. The van der Waals surface area contributed by atoms with Crippen LogP contribution in [0, 0.1) is 11.7 Å². The van der Waals surface area contributed by atoms with E-state index in [4.69, 9.17) is 4.74 Å². The average Bonchev–Trinajstić information content (AvgIpc) is 2.21. The van der Waals surface area contributed by atoms with Gasteiger partial charge in [-0.2, -0.15) is 0 Å². The Bertz CT molecular complexity index is 291. The van der Waals surface area contributed by atoms with E-state index in [1.54, 1.807) is 19.2 Å². The molecule has 0 fully saturated rings. The first-order valence-electron chi connectivity index (χ1n) is 5.17. The van der Waals surface area contributed by atoms with Gasteiger partial charge in [0.1, 0.15) is 5.82 Å². The van der Waals surface area contributed by atoms with Crippen molar-refractivity contribution in [3.8, 4) is 0 Å². The van der Waals surface area contributed by atoms with Gasteiger partial charge in [-0.25, -0.2) is 4.39 Å². The van der Waals surface area contributed by atoms with Gasteiger partial charge in [0.05, 0.1) is 0 Å². The second kappa shape index (κ2) is 6.53. The van der Waals surface area contributed by atoms with Crippen LogP contribution in [0.3, 0.4) is 0 Å². The van der Waals surface area contributed by atoms with E-state index >= 15 is 0 Å². The molecule has 1 atom stereocenters. The first kappa shape index (κ1) is 12.1. The molecule has 0 heterocycles. The second-order valence-corrected chi connectivity index (χ2v) is 3.78. The largest absolute Gasteiger partial charge is 0.384 e. The zero-order valence-corrected chi connectivity index (χ0v) is 9.29. The van der Waals surface area contributed by atoms with Crippen LogP contribution >= 0.6 is 0 Å². The van der Waals surface area contributed by atoms with E-state index < -0.39 is 0 Å². The standard InChI is InChI=1S/C12H18FNO/c1-10(9-15-2)7-14-8-11-5-3-4-6-12(11)13/h3-6,10,14H,7-9H2,1-2H3. The maximum absolute atomic E-state index is 13.2. The monoisotopic (exact) mass is 211 g/mol. The van der Waals surface area contributed by atoms with Crippen molar-refractivity contribution in [1.29, 1.82) is 0 Å². The number of hydrogen-bond acceptors (Lipinski definition) is 2. The smallest absolute Gasteiger partial charge is 0.127 e. The van der Waals surface area contributed by atoms with Crippen LogP contribution in [0.5, 0.6) is 0 Å². The molecule has 15 heavy (non-hydrogen) atoms. The summed E-state index contributed by atoms with van der Waals surface area (Å²) in [6, 6.07) is 6.82. The molecule has 0 amide bonds. The van der Waals surface area contributed by atoms with Crippen molar-refractivity contribution in [3.63, 3.8) is 0 Å². The van der Waals surface area contributed by atoms with E-state index in [1.165, 1.54) is 6.07 Å². The van der Waals surface area contributed by atoms with Gasteiger partial charge in [0, 0.05) is 32.4 Å². The van der Waals surface area contributed by atoms with Gasteiger partial charge in [0.2, 0.25) is 0 Å². The number of nitrogens with one attached hydrogen (secondary N) is 1. The van der Waals surface area contributed by atoms with Crippen molar-refractivity contribution in [2.24, 2.45) is 5.92 Å². The second-order valence-electron chi connectivity index (χ2n) is 3.78. The van der Waals surface area contributed by atoms with Crippen molar-refractivity contribution < 1.29 is 9.13 Å². The Hall–Kier alpha value is -0.930. The molecular formula is C12H18FNO. The van der Waals surface area contributed by atoms with Crippen LogP contribution in [0.25, 0.3) is 0 Å². The molecular weight excluding hydrogens is 193 g/mol. The van der Waals surface area contributed by atoms with Gasteiger partial charge in [-0.15, -0.1) is 0 Å². The van der Waals surface area contributed by atoms with E-state index in [1.807, 2.05) is 6.07 Å². The van der Waals surface area contributed by atoms with Crippen molar-refractivity contribution in [2.45, 2.75) is 13.5 Å². The van der Waals surface area contributed by atoms with E-state index in [-0.39, 0.29) is 5.82 Å². The Labute approximate surface area is 90.4 Å². The van der Waals surface area contributed by atoms with Gasteiger partial charge in [-0.3, -0.25) is 0 Å². The molecule has 0 aliphatic rings. The number of rotatable bonds is 6. The van der Waals surface area contributed by atoms with Crippen LogP contribution in [0.2, 0.25) is 0 Å². The summed E-state index contributed by atoms with van der Waals surface area (Å²) in [7, 11) is 1.69. The fraction of sp³-hybridized carbons (Fsp3) is 0.500. The summed E-state index contributed by atoms with van der Waals surface area (Å²) >= 11 is 0. The minimum absolute atomic E-state index is 0.149. The molecule has 1 unspecified atom stereocenters. The lowest BCUT2D eigenvalue weighted by Crippen LogP contribution is -2.23. The molecule has 1 aromatic rings. The van der Waals surface area contributed by atoms with Gasteiger partial charge < -0.3 is 10.1 Å². The van der Waals surface area contributed by atoms with Gasteiger partial charge in [0.25, 0.3) is 0 Å². The molecule has 0 saturated heterocycles. The molecule has 2 nitrogen and oxygen atoms in total. The molecule has 0 saturated carbocycles. The third-order valence-electron chi connectivity index (χ3n) is 2.22. The minimum Gasteiger partial charge on any atom is -0.384 e. The quantitative estimate of drug-likeness (QED) is 0.779. The predicted octanol–water partition coefficient (Wildman–Crippen LogP) is 2.20. The zero-order chi connectivity index (χ0) is 11.1. The van der Waals surface area contributed by atoms with E-state index in [9.17, 15) is 4.39 Å². The molecule has 1 rings (SSSR count). The van der Waals surface area contributed by atoms with Crippen molar-refractivity contribution in [3.05, 3.63) is 35.6 Å². The van der Waals surface area contributed by atoms with Crippen LogP contribution < -0.4 is 5.32 Å². The number of hydrogen-bond donors (Lipinski definition) is 1. The highest BCUT2D eigenvalue weighted by Gasteiger charge is 2.02. The first-order valence-corrected chi connectivity index (χ1v) is 5.17. The molecule has 0 aliphatic carbocycles. The summed E-state index contributed by atoms with van der Waals surface area (Å²) in [6.45, 7) is 4.23. The van der Waals surface area contributed by atoms with E-state index in [0.717, 1.165) is 13.2 Å². The number of halogens is 1. The molecule has 0 radical (unpaired) electrons. The van der Waals surface area contributed by atoms with Gasteiger partial charge >= 0.3 is 0 Å². The summed E-state index contributed by atoms with van der Waals surface area (Å²) in [5.41, 5.74) is 0.710. The van der Waals surface area contributed by atoms with Crippen LogP contribution in [0.1, 0.15) is 12.5 Å². The molecule has 0 spiro atoms. The summed E-state index contributed by atoms with van der Waals surface area (Å²) in [6.07, 6.45) is 0. The highest BCUT2D eigenvalue weighted by atomic mass is 19.1. The fourth-order valence-corrected chi connectivity index (χ4v) is 1.44. The highest BCUT2D eigenvalue weighted by Crippen LogP contribution is 2.05. The van der Waals surface area contributed by atoms with Crippen LogP contribution in [0.4, 0.5) is 4.39 Å². The molecule has 1 aromatic carbocycles.